The topological polar surface area (TPSA) is 143 Å². The highest BCUT2D eigenvalue weighted by Gasteiger charge is 2.22. The standard InChI is InChI=1S/C27H29N7O2/c1-3-16-12-15(2)24-21(13-16)34-27(36-24)33-19-6-4-17(5-7-19)23(28)22-25(29)30-14-31-26(22)32-18-8-10-20(35)11-9-18/h4-7,12-14,18,28H,3,8-11H2,1-2H3,(H,33,34)(H3,29,30,31,32). The summed E-state index contributed by atoms with van der Waals surface area (Å²) in [5.74, 6) is 1.04. The summed E-state index contributed by atoms with van der Waals surface area (Å²) in [4.78, 5) is 24.6. The summed E-state index contributed by atoms with van der Waals surface area (Å²) in [5, 5.41) is 15.4. The van der Waals surface area contributed by atoms with Gasteiger partial charge in [-0.2, -0.15) is 4.98 Å². The van der Waals surface area contributed by atoms with E-state index in [9.17, 15) is 4.79 Å². The van der Waals surface area contributed by atoms with Gasteiger partial charge in [-0.1, -0.05) is 25.1 Å². The summed E-state index contributed by atoms with van der Waals surface area (Å²) in [6.07, 6.45) is 4.92. The third-order valence-electron chi connectivity index (χ3n) is 6.58. The second-order valence-corrected chi connectivity index (χ2v) is 9.15. The van der Waals surface area contributed by atoms with Crippen molar-refractivity contribution in [2.45, 2.75) is 52.0 Å². The molecule has 2 heterocycles. The molecule has 184 valence electrons. The molecule has 1 saturated carbocycles. The second kappa shape index (κ2) is 9.77. The number of aromatic nitrogens is 3. The average molecular weight is 484 g/mol. The zero-order chi connectivity index (χ0) is 25.2. The number of aryl methyl sites for hydroxylation is 2. The molecule has 0 saturated heterocycles. The van der Waals surface area contributed by atoms with E-state index in [1.54, 1.807) is 0 Å². The lowest BCUT2D eigenvalue weighted by atomic mass is 9.94. The predicted molar refractivity (Wildman–Crippen MR) is 141 cm³/mol. The van der Waals surface area contributed by atoms with Crippen LogP contribution < -0.4 is 16.4 Å². The highest BCUT2D eigenvalue weighted by molar-refractivity contribution is 6.16. The molecule has 2 aromatic heterocycles. The van der Waals surface area contributed by atoms with Crippen molar-refractivity contribution in [3.8, 4) is 0 Å². The van der Waals surface area contributed by atoms with Gasteiger partial charge in [-0.25, -0.2) is 9.97 Å². The van der Waals surface area contributed by atoms with E-state index in [1.807, 2.05) is 37.3 Å². The van der Waals surface area contributed by atoms with Gasteiger partial charge in [0, 0.05) is 30.1 Å². The fraction of sp³-hybridized carbons (Fsp3) is 0.296. The van der Waals surface area contributed by atoms with Gasteiger partial charge >= 0.3 is 0 Å². The number of Topliss-reactive ketones (excluding diaryl/α,β-unsaturated/α-hetero) is 1. The van der Waals surface area contributed by atoms with Crippen LogP contribution >= 0.6 is 0 Å². The lowest BCUT2D eigenvalue weighted by molar-refractivity contribution is -0.120. The van der Waals surface area contributed by atoms with Crippen molar-refractivity contribution in [3.63, 3.8) is 0 Å². The second-order valence-electron chi connectivity index (χ2n) is 9.15. The molecule has 0 spiro atoms. The summed E-state index contributed by atoms with van der Waals surface area (Å²) < 4.78 is 5.93. The molecule has 2 aromatic carbocycles. The number of carbonyl (C=O) groups excluding carboxylic acids is 1. The predicted octanol–water partition coefficient (Wildman–Crippen LogP) is 5.15. The largest absolute Gasteiger partial charge is 0.423 e. The number of nitrogens with one attached hydrogen (secondary N) is 3. The van der Waals surface area contributed by atoms with E-state index < -0.39 is 0 Å². The Morgan fingerprint density at radius 1 is 1.17 bits per heavy atom. The smallest absolute Gasteiger partial charge is 0.300 e. The van der Waals surface area contributed by atoms with Crippen LogP contribution in [0.2, 0.25) is 0 Å². The number of carbonyl (C=O) groups is 1. The van der Waals surface area contributed by atoms with Crippen LogP contribution in [-0.2, 0) is 11.2 Å². The SMILES string of the molecule is CCc1cc(C)c2oc(Nc3ccc(C(=N)c4c(N)ncnc4NC4CCC(=O)CC4)cc3)nc2c1. The average Bonchev–Trinajstić information content (AvgIpc) is 3.28. The first-order valence-electron chi connectivity index (χ1n) is 12.2. The van der Waals surface area contributed by atoms with E-state index in [1.165, 1.54) is 11.9 Å². The van der Waals surface area contributed by atoms with Crippen molar-refractivity contribution in [1.82, 2.24) is 15.0 Å². The van der Waals surface area contributed by atoms with Gasteiger partial charge in [0.05, 0.1) is 11.3 Å². The van der Waals surface area contributed by atoms with Crippen LogP contribution in [0.1, 0.15) is 54.9 Å². The van der Waals surface area contributed by atoms with E-state index in [0.717, 1.165) is 41.6 Å². The Bertz CT molecular complexity index is 1430. The van der Waals surface area contributed by atoms with Crippen LogP contribution in [0.15, 0.2) is 47.1 Å². The first kappa shape index (κ1) is 23.5. The van der Waals surface area contributed by atoms with E-state index in [-0.39, 0.29) is 23.4 Å². The Kier molecular flexibility index (Phi) is 6.37. The lowest BCUT2D eigenvalue weighted by Crippen LogP contribution is -2.28. The minimum absolute atomic E-state index is 0.114. The Morgan fingerprint density at radius 3 is 2.64 bits per heavy atom. The monoisotopic (exact) mass is 483 g/mol. The van der Waals surface area contributed by atoms with Crippen molar-refractivity contribution in [2.24, 2.45) is 0 Å². The fourth-order valence-corrected chi connectivity index (χ4v) is 4.55. The number of anilines is 4. The number of nitrogen functional groups attached to an aromatic ring is 1. The van der Waals surface area contributed by atoms with Crippen LogP contribution in [0.5, 0.6) is 0 Å². The molecule has 0 amide bonds. The summed E-state index contributed by atoms with van der Waals surface area (Å²) in [5.41, 5.74) is 12.2. The van der Waals surface area contributed by atoms with Gasteiger partial charge in [0.1, 0.15) is 29.3 Å². The zero-order valence-corrected chi connectivity index (χ0v) is 20.4. The molecule has 1 fully saturated rings. The van der Waals surface area contributed by atoms with Gasteiger partial charge in [-0.05, 0) is 55.5 Å². The number of ketones is 1. The number of nitrogens with two attached hydrogens (primary N) is 1. The number of benzene rings is 2. The molecule has 9 heteroatoms. The van der Waals surface area contributed by atoms with Gasteiger partial charge in [-0.3, -0.25) is 10.2 Å². The summed E-state index contributed by atoms with van der Waals surface area (Å²) in [7, 11) is 0. The molecule has 1 aliphatic carbocycles. The van der Waals surface area contributed by atoms with Crippen LogP contribution in [0, 0.1) is 12.3 Å². The minimum atomic E-state index is 0.114. The Morgan fingerprint density at radius 2 is 1.92 bits per heavy atom. The third-order valence-corrected chi connectivity index (χ3v) is 6.58. The number of nitrogens with zero attached hydrogens (tertiary/aromatic N) is 3. The van der Waals surface area contributed by atoms with Gasteiger partial charge in [0.15, 0.2) is 5.58 Å². The molecular weight excluding hydrogens is 454 g/mol. The van der Waals surface area contributed by atoms with E-state index >= 15 is 0 Å². The minimum Gasteiger partial charge on any atom is -0.423 e. The molecule has 9 nitrogen and oxygen atoms in total. The molecule has 0 atom stereocenters. The number of oxazole rings is 1. The van der Waals surface area contributed by atoms with Gasteiger partial charge in [0.25, 0.3) is 6.01 Å². The highest BCUT2D eigenvalue weighted by Crippen LogP contribution is 2.28. The number of hydrogen-bond acceptors (Lipinski definition) is 9. The molecule has 0 bridgehead atoms. The fourth-order valence-electron chi connectivity index (χ4n) is 4.55. The normalized spacial score (nSPS) is 14.2. The van der Waals surface area contributed by atoms with E-state index in [2.05, 4.69) is 38.6 Å². The first-order chi connectivity index (χ1) is 17.4. The van der Waals surface area contributed by atoms with Crippen molar-refractivity contribution in [3.05, 3.63) is 65.0 Å². The van der Waals surface area contributed by atoms with E-state index in [0.29, 0.717) is 35.8 Å². The Balaban J connectivity index is 1.34. The van der Waals surface area contributed by atoms with Crippen LogP contribution in [0.4, 0.5) is 23.3 Å². The van der Waals surface area contributed by atoms with Gasteiger partial charge < -0.3 is 20.8 Å². The quantitative estimate of drug-likeness (QED) is 0.264. The summed E-state index contributed by atoms with van der Waals surface area (Å²) >= 11 is 0. The highest BCUT2D eigenvalue weighted by atomic mass is 16.4. The number of rotatable bonds is 7. The zero-order valence-electron chi connectivity index (χ0n) is 20.4. The molecule has 5 rings (SSSR count). The van der Waals surface area contributed by atoms with Crippen LogP contribution in [0.25, 0.3) is 11.1 Å². The van der Waals surface area contributed by atoms with Gasteiger partial charge in [0.2, 0.25) is 0 Å². The molecular formula is C27H29N7O2. The van der Waals surface area contributed by atoms with E-state index in [4.69, 9.17) is 15.6 Å². The molecule has 1 aliphatic rings. The van der Waals surface area contributed by atoms with Gasteiger partial charge in [-0.15, -0.1) is 0 Å². The van der Waals surface area contributed by atoms with Crippen molar-refractivity contribution in [2.75, 3.05) is 16.4 Å². The number of fused-ring (bicyclic) bond motifs is 1. The maximum absolute atomic E-state index is 11.6. The van der Waals surface area contributed by atoms with Crippen molar-refractivity contribution in [1.29, 1.82) is 5.41 Å². The summed E-state index contributed by atoms with van der Waals surface area (Å²) in [6, 6.07) is 12.1. The molecule has 0 aliphatic heterocycles. The lowest BCUT2D eigenvalue weighted by Gasteiger charge is -2.24. The molecule has 5 N–H and O–H groups in total. The molecule has 0 radical (unpaired) electrons. The van der Waals surface area contributed by atoms with Crippen LogP contribution in [0.3, 0.4) is 0 Å². The Labute approximate surface area is 209 Å². The molecule has 0 unspecified atom stereocenters. The van der Waals surface area contributed by atoms with Crippen molar-refractivity contribution < 1.29 is 9.21 Å². The summed E-state index contributed by atoms with van der Waals surface area (Å²) in [6.45, 7) is 4.14. The first-order valence-corrected chi connectivity index (χ1v) is 12.2. The molecule has 36 heavy (non-hydrogen) atoms. The van der Waals surface area contributed by atoms with Crippen LogP contribution in [-0.4, -0.2) is 32.5 Å². The van der Waals surface area contributed by atoms with Crippen molar-refractivity contribution >= 4 is 45.9 Å². The number of hydrogen-bond donors (Lipinski definition) is 4. The Hall–Kier alpha value is -4.27. The molecule has 4 aromatic rings. The third kappa shape index (κ3) is 4.77. The maximum atomic E-state index is 11.6. The maximum Gasteiger partial charge on any atom is 0.300 e.